The second-order valence-electron chi connectivity index (χ2n) is 5.19. The van der Waals surface area contributed by atoms with E-state index in [4.69, 9.17) is 9.47 Å². The molecule has 0 bridgehead atoms. The van der Waals surface area contributed by atoms with E-state index in [0.717, 1.165) is 37.6 Å². The molecule has 1 aromatic rings. The number of hydrogen-bond donors (Lipinski definition) is 2. The average Bonchev–Trinajstić information content (AvgIpc) is 2.47. The largest absolute Gasteiger partial charge is 0.495 e. The smallest absolute Gasteiger partial charge is 0.282 e. The van der Waals surface area contributed by atoms with Crippen molar-refractivity contribution in [2.75, 3.05) is 38.7 Å². The highest BCUT2D eigenvalue weighted by atomic mass is 16.5. The number of aryl methyl sites for hydroxylation is 1. The number of ether oxygens (including phenoxy) is 2. The zero-order valence-corrected chi connectivity index (χ0v) is 12.4. The Hall–Kier alpha value is -1.59. The number of quaternary nitrogens is 1. The van der Waals surface area contributed by atoms with Crippen molar-refractivity contribution in [3.63, 3.8) is 0 Å². The van der Waals surface area contributed by atoms with Crippen LogP contribution in [0, 0.1) is 6.92 Å². The summed E-state index contributed by atoms with van der Waals surface area (Å²) in [5, 5.41) is 2.97. The Kier molecular flexibility index (Phi) is 4.98. The van der Waals surface area contributed by atoms with Gasteiger partial charge in [0.05, 0.1) is 26.0 Å². The Morgan fingerprint density at radius 2 is 2.10 bits per heavy atom. The molecular weight excluding hydrogens is 256 g/mol. The van der Waals surface area contributed by atoms with Crippen LogP contribution < -0.4 is 15.0 Å². The number of amides is 1. The van der Waals surface area contributed by atoms with Gasteiger partial charge in [0.25, 0.3) is 5.91 Å². The maximum Gasteiger partial charge on any atom is 0.282 e. The van der Waals surface area contributed by atoms with Crippen molar-refractivity contribution >= 4 is 11.6 Å². The van der Waals surface area contributed by atoms with Crippen molar-refractivity contribution in [2.45, 2.75) is 19.9 Å². The van der Waals surface area contributed by atoms with Crippen LogP contribution in [0.5, 0.6) is 5.75 Å². The molecule has 5 nitrogen and oxygen atoms in total. The van der Waals surface area contributed by atoms with Crippen molar-refractivity contribution in [1.82, 2.24) is 0 Å². The summed E-state index contributed by atoms with van der Waals surface area (Å²) >= 11 is 0. The van der Waals surface area contributed by atoms with Gasteiger partial charge in [-0.1, -0.05) is 6.07 Å². The second kappa shape index (κ2) is 6.72. The Morgan fingerprint density at radius 1 is 1.40 bits per heavy atom. The lowest BCUT2D eigenvalue weighted by molar-refractivity contribution is -0.921. The van der Waals surface area contributed by atoms with E-state index in [2.05, 4.69) is 5.32 Å². The van der Waals surface area contributed by atoms with Crippen molar-refractivity contribution in [3.05, 3.63) is 23.8 Å². The molecule has 0 radical (unpaired) electrons. The molecule has 110 valence electrons. The SMILES string of the molecule is COc1ccc(C)cc1NC(=O)[C@H](C)[NH+]1CCOCC1. The van der Waals surface area contributed by atoms with E-state index in [9.17, 15) is 4.79 Å². The molecule has 1 fully saturated rings. The normalized spacial score (nSPS) is 17.6. The summed E-state index contributed by atoms with van der Waals surface area (Å²) in [7, 11) is 1.61. The number of carbonyl (C=O) groups is 1. The maximum atomic E-state index is 12.4. The standard InChI is InChI=1S/C15H22N2O3/c1-11-4-5-14(19-3)13(10-11)16-15(18)12(2)17-6-8-20-9-7-17/h4-5,10,12H,6-9H2,1-3H3,(H,16,18)/p+1/t12-/m0/s1. The lowest BCUT2D eigenvalue weighted by Gasteiger charge is -2.28. The Morgan fingerprint density at radius 3 is 2.75 bits per heavy atom. The molecule has 1 aliphatic rings. The molecule has 0 aliphatic carbocycles. The first-order valence-corrected chi connectivity index (χ1v) is 6.99. The molecule has 0 saturated carbocycles. The van der Waals surface area contributed by atoms with Gasteiger partial charge in [0.15, 0.2) is 6.04 Å². The monoisotopic (exact) mass is 279 g/mol. The number of morpholine rings is 1. The molecular formula is C15H23N2O3+. The zero-order valence-electron chi connectivity index (χ0n) is 12.4. The summed E-state index contributed by atoms with van der Waals surface area (Å²) in [5.74, 6) is 0.707. The number of methoxy groups -OCH3 is 1. The molecule has 1 heterocycles. The van der Waals surface area contributed by atoms with Gasteiger partial charge in [-0.05, 0) is 31.5 Å². The molecule has 1 amide bonds. The predicted molar refractivity (Wildman–Crippen MR) is 77.3 cm³/mol. The summed E-state index contributed by atoms with van der Waals surface area (Å²) in [5.41, 5.74) is 1.82. The van der Waals surface area contributed by atoms with Gasteiger partial charge in [-0.2, -0.15) is 0 Å². The van der Waals surface area contributed by atoms with E-state index in [1.807, 2.05) is 32.0 Å². The zero-order chi connectivity index (χ0) is 14.5. The van der Waals surface area contributed by atoms with Gasteiger partial charge < -0.3 is 19.7 Å². The quantitative estimate of drug-likeness (QED) is 0.830. The third-order valence-corrected chi connectivity index (χ3v) is 3.75. The lowest BCUT2D eigenvalue weighted by Crippen LogP contribution is -3.18. The van der Waals surface area contributed by atoms with Crippen LogP contribution in [0.1, 0.15) is 12.5 Å². The Bertz CT molecular complexity index is 470. The number of benzene rings is 1. The number of rotatable bonds is 4. The molecule has 1 atom stereocenters. The van der Waals surface area contributed by atoms with Crippen molar-refractivity contribution in [1.29, 1.82) is 0 Å². The second-order valence-corrected chi connectivity index (χ2v) is 5.19. The van der Waals surface area contributed by atoms with Crippen LogP contribution in [-0.2, 0) is 9.53 Å². The van der Waals surface area contributed by atoms with Gasteiger partial charge in [-0.15, -0.1) is 0 Å². The first-order valence-electron chi connectivity index (χ1n) is 6.99. The van der Waals surface area contributed by atoms with Crippen molar-refractivity contribution < 1.29 is 19.2 Å². The fourth-order valence-corrected chi connectivity index (χ4v) is 2.41. The summed E-state index contributed by atoms with van der Waals surface area (Å²) in [6, 6.07) is 5.67. The van der Waals surface area contributed by atoms with Gasteiger partial charge in [-0.3, -0.25) is 4.79 Å². The van der Waals surface area contributed by atoms with Crippen LogP contribution in [0.4, 0.5) is 5.69 Å². The predicted octanol–water partition coefficient (Wildman–Crippen LogP) is 0.246. The molecule has 1 aliphatic heterocycles. The summed E-state index contributed by atoms with van der Waals surface area (Å²) in [4.78, 5) is 13.6. The minimum absolute atomic E-state index is 0.0193. The van der Waals surface area contributed by atoms with Crippen molar-refractivity contribution in [3.8, 4) is 5.75 Å². The van der Waals surface area contributed by atoms with E-state index in [-0.39, 0.29) is 11.9 Å². The molecule has 20 heavy (non-hydrogen) atoms. The van der Waals surface area contributed by atoms with Gasteiger partial charge in [0.1, 0.15) is 18.8 Å². The molecule has 0 unspecified atom stereocenters. The van der Waals surface area contributed by atoms with Crippen LogP contribution in [0.3, 0.4) is 0 Å². The van der Waals surface area contributed by atoms with E-state index >= 15 is 0 Å². The molecule has 5 heteroatoms. The fourth-order valence-electron chi connectivity index (χ4n) is 2.41. The number of nitrogens with one attached hydrogen (secondary N) is 2. The van der Waals surface area contributed by atoms with Crippen LogP contribution in [0.25, 0.3) is 0 Å². The fraction of sp³-hybridized carbons (Fsp3) is 0.533. The molecule has 2 N–H and O–H groups in total. The molecule has 0 spiro atoms. The van der Waals surface area contributed by atoms with Crippen LogP contribution >= 0.6 is 0 Å². The highest BCUT2D eigenvalue weighted by Gasteiger charge is 2.27. The topological polar surface area (TPSA) is 52.0 Å². The third-order valence-electron chi connectivity index (χ3n) is 3.75. The van der Waals surface area contributed by atoms with Gasteiger partial charge in [-0.25, -0.2) is 0 Å². The highest BCUT2D eigenvalue weighted by molar-refractivity contribution is 5.95. The first-order chi connectivity index (χ1) is 9.61. The Labute approximate surface area is 119 Å². The van der Waals surface area contributed by atoms with E-state index < -0.39 is 0 Å². The van der Waals surface area contributed by atoms with Gasteiger partial charge >= 0.3 is 0 Å². The molecule has 0 aromatic heterocycles. The molecule has 2 rings (SSSR count). The van der Waals surface area contributed by atoms with Crippen molar-refractivity contribution in [2.24, 2.45) is 0 Å². The summed E-state index contributed by atoms with van der Waals surface area (Å²) in [6.07, 6.45) is 0. The number of hydrogen-bond acceptors (Lipinski definition) is 3. The van der Waals surface area contributed by atoms with E-state index in [0.29, 0.717) is 5.75 Å². The van der Waals surface area contributed by atoms with Crippen LogP contribution in [0.2, 0.25) is 0 Å². The molecule has 1 saturated heterocycles. The number of carbonyl (C=O) groups excluding carboxylic acids is 1. The highest BCUT2D eigenvalue weighted by Crippen LogP contribution is 2.25. The summed E-state index contributed by atoms with van der Waals surface area (Å²) < 4.78 is 10.6. The average molecular weight is 279 g/mol. The van der Waals surface area contributed by atoms with Gasteiger partial charge in [0.2, 0.25) is 0 Å². The first kappa shape index (κ1) is 14.8. The number of anilines is 1. The molecule has 1 aromatic carbocycles. The van der Waals surface area contributed by atoms with Gasteiger partial charge in [0, 0.05) is 0 Å². The van der Waals surface area contributed by atoms with E-state index in [1.165, 1.54) is 4.90 Å². The lowest BCUT2D eigenvalue weighted by atomic mass is 10.2. The Balaban J connectivity index is 2.05. The van der Waals surface area contributed by atoms with Crippen LogP contribution in [0.15, 0.2) is 18.2 Å². The minimum atomic E-state index is -0.0934. The van der Waals surface area contributed by atoms with Crippen LogP contribution in [-0.4, -0.2) is 45.4 Å². The minimum Gasteiger partial charge on any atom is -0.495 e. The van der Waals surface area contributed by atoms with E-state index in [1.54, 1.807) is 7.11 Å². The third kappa shape index (κ3) is 3.49. The summed E-state index contributed by atoms with van der Waals surface area (Å²) in [6.45, 7) is 7.14. The maximum absolute atomic E-state index is 12.4.